The van der Waals surface area contributed by atoms with E-state index >= 15 is 0 Å². The molecule has 0 N–H and O–H groups in total. The van der Waals surface area contributed by atoms with Crippen molar-refractivity contribution < 1.29 is 38.0 Å². The Balaban J connectivity index is 3.09. The van der Waals surface area contributed by atoms with E-state index in [9.17, 15) is 4.79 Å². The summed E-state index contributed by atoms with van der Waals surface area (Å²) in [5, 5.41) is 0.983. The van der Waals surface area contributed by atoms with Crippen LogP contribution in [0.25, 0.3) is 10.8 Å². The number of ether oxygens (including phenoxy) is 7. The van der Waals surface area contributed by atoms with Crippen molar-refractivity contribution in [2.75, 3.05) is 49.5 Å². The van der Waals surface area contributed by atoms with Gasteiger partial charge in [-0.1, -0.05) is 0 Å². The van der Waals surface area contributed by atoms with Crippen molar-refractivity contribution in [1.29, 1.82) is 0 Å². The number of rotatable bonds is 9. The molecular formula is C18H22O8. The fourth-order valence-corrected chi connectivity index (χ4v) is 2.84. The first kappa shape index (κ1) is 19.5. The molecule has 142 valence electrons. The summed E-state index contributed by atoms with van der Waals surface area (Å²) < 4.78 is 38.0. The average Bonchev–Trinajstić information content (AvgIpc) is 2.68. The van der Waals surface area contributed by atoms with Crippen LogP contribution in [0.4, 0.5) is 0 Å². The number of aldehydes is 1. The summed E-state index contributed by atoms with van der Waals surface area (Å²) in [6, 6.07) is 1.63. The van der Waals surface area contributed by atoms with E-state index in [-0.39, 0.29) is 23.9 Å². The van der Waals surface area contributed by atoms with Gasteiger partial charge in [-0.2, -0.15) is 0 Å². The molecule has 8 heteroatoms. The highest BCUT2D eigenvalue weighted by atomic mass is 16.7. The summed E-state index contributed by atoms with van der Waals surface area (Å²) in [4.78, 5) is 11.7. The highest BCUT2D eigenvalue weighted by Gasteiger charge is 2.29. The summed E-state index contributed by atoms with van der Waals surface area (Å²) >= 11 is 0. The molecular weight excluding hydrogens is 344 g/mol. The van der Waals surface area contributed by atoms with Crippen LogP contribution in [0.3, 0.4) is 0 Å². The number of hydrogen-bond acceptors (Lipinski definition) is 8. The van der Waals surface area contributed by atoms with Crippen molar-refractivity contribution in [3.05, 3.63) is 11.6 Å². The summed E-state index contributed by atoms with van der Waals surface area (Å²) in [7, 11) is 8.85. The van der Waals surface area contributed by atoms with Crippen LogP contribution in [0.2, 0.25) is 0 Å². The van der Waals surface area contributed by atoms with Crippen LogP contribution in [0, 0.1) is 0 Å². The lowest BCUT2D eigenvalue weighted by molar-refractivity contribution is 0.0492. The quantitative estimate of drug-likeness (QED) is 0.495. The van der Waals surface area contributed by atoms with Crippen LogP contribution < -0.4 is 28.4 Å². The molecule has 0 aliphatic carbocycles. The summed E-state index contributed by atoms with van der Waals surface area (Å²) in [5.74, 6) is 1.94. The Bertz CT molecular complexity index is 800. The van der Waals surface area contributed by atoms with Crippen LogP contribution in [-0.2, 0) is 4.74 Å². The number of hydrogen-bond donors (Lipinski definition) is 0. The second kappa shape index (κ2) is 8.48. The molecule has 26 heavy (non-hydrogen) atoms. The van der Waals surface area contributed by atoms with Crippen LogP contribution >= 0.6 is 0 Å². The maximum atomic E-state index is 11.7. The topological polar surface area (TPSA) is 81.7 Å². The molecule has 2 aromatic carbocycles. The normalized spacial score (nSPS) is 10.4. The van der Waals surface area contributed by atoms with E-state index in [1.54, 1.807) is 6.07 Å². The zero-order valence-electron chi connectivity index (χ0n) is 15.6. The van der Waals surface area contributed by atoms with Crippen molar-refractivity contribution in [3.63, 3.8) is 0 Å². The number of carbonyl (C=O) groups is 1. The molecule has 0 bridgehead atoms. The number of fused-ring (bicyclic) bond motifs is 1. The lowest BCUT2D eigenvalue weighted by atomic mass is 10.0. The maximum Gasteiger partial charge on any atom is 0.188 e. The maximum absolute atomic E-state index is 11.7. The molecule has 0 atom stereocenters. The van der Waals surface area contributed by atoms with E-state index in [2.05, 4.69) is 0 Å². The van der Waals surface area contributed by atoms with Gasteiger partial charge in [-0.25, -0.2) is 0 Å². The largest absolute Gasteiger partial charge is 0.496 e. The van der Waals surface area contributed by atoms with Gasteiger partial charge in [0.05, 0.1) is 46.3 Å². The third-order valence-electron chi connectivity index (χ3n) is 3.85. The van der Waals surface area contributed by atoms with Gasteiger partial charge in [0.15, 0.2) is 36.1 Å². The first-order valence-electron chi connectivity index (χ1n) is 7.60. The molecule has 8 nitrogen and oxygen atoms in total. The standard InChI is InChI=1S/C18H22O8/c1-20-9-26-12-7-11(21-2)13-14(17(12)24-5)18(25-6)16(23-4)10(8-19)15(13)22-3/h7-8H,9H2,1-6H3. The van der Waals surface area contributed by atoms with Gasteiger partial charge in [-0.05, 0) is 0 Å². The Hall–Kier alpha value is -2.87. The van der Waals surface area contributed by atoms with Gasteiger partial charge in [0.2, 0.25) is 0 Å². The van der Waals surface area contributed by atoms with Crippen LogP contribution in [0.1, 0.15) is 10.4 Å². The van der Waals surface area contributed by atoms with Gasteiger partial charge in [0.25, 0.3) is 0 Å². The van der Waals surface area contributed by atoms with Gasteiger partial charge < -0.3 is 33.2 Å². The van der Waals surface area contributed by atoms with Crippen molar-refractivity contribution in [1.82, 2.24) is 0 Å². The highest BCUT2D eigenvalue weighted by molar-refractivity contribution is 6.10. The van der Waals surface area contributed by atoms with Crippen molar-refractivity contribution in [2.24, 2.45) is 0 Å². The van der Waals surface area contributed by atoms with E-state index in [4.69, 9.17) is 33.2 Å². The first-order valence-corrected chi connectivity index (χ1v) is 7.60. The van der Waals surface area contributed by atoms with E-state index in [1.165, 1.54) is 42.7 Å². The molecule has 0 radical (unpaired) electrons. The third-order valence-corrected chi connectivity index (χ3v) is 3.85. The van der Waals surface area contributed by atoms with Gasteiger partial charge in [-0.15, -0.1) is 0 Å². The Morgan fingerprint density at radius 2 is 1.35 bits per heavy atom. The predicted octanol–water partition coefficient (Wildman–Crippen LogP) is 2.68. The number of methoxy groups -OCH3 is 6. The molecule has 2 rings (SSSR count). The van der Waals surface area contributed by atoms with Gasteiger partial charge in [0.1, 0.15) is 17.1 Å². The number of carbonyl (C=O) groups excluding carboxylic acids is 1. The minimum absolute atomic E-state index is 0.00796. The Morgan fingerprint density at radius 1 is 0.731 bits per heavy atom. The lowest BCUT2D eigenvalue weighted by Crippen LogP contribution is -2.05. The van der Waals surface area contributed by atoms with Gasteiger partial charge >= 0.3 is 0 Å². The second-order valence-electron chi connectivity index (χ2n) is 5.04. The van der Waals surface area contributed by atoms with Gasteiger partial charge in [0, 0.05) is 13.2 Å². The molecule has 0 amide bonds. The van der Waals surface area contributed by atoms with Crippen molar-refractivity contribution >= 4 is 17.1 Å². The predicted molar refractivity (Wildman–Crippen MR) is 94.6 cm³/mol. The summed E-state index contributed by atoms with van der Waals surface area (Å²) in [6.45, 7) is 0.00796. The molecule has 0 aliphatic rings. The Labute approximate surface area is 151 Å². The highest BCUT2D eigenvalue weighted by Crippen LogP contribution is 2.54. The third kappa shape index (κ3) is 3.03. The molecule has 0 heterocycles. The minimum atomic E-state index is 0.00796. The lowest BCUT2D eigenvalue weighted by Gasteiger charge is -2.22. The minimum Gasteiger partial charge on any atom is -0.496 e. The monoisotopic (exact) mass is 366 g/mol. The Kier molecular flexibility index (Phi) is 6.35. The second-order valence-corrected chi connectivity index (χ2v) is 5.04. The van der Waals surface area contributed by atoms with Gasteiger partial charge in [-0.3, -0.25) is 4.79 Å². The zero-order chi connectivity index (χ0) is 19.3. The number of benzene rings is 2. The SMILES string of the molecule is COCOc1cc(OC)c2c(OC)c(C=O)c(OC)c(OC)c2c1OC. The molecule has 0 aliphatic heterocycles. The first-order chi connectivity index (χ1) is 12.6. The van der Waals surface area contributed by atoms with Crippen LogP contribution in [-0.4, -0.2) is 55.7 Å². The molecule has 0 fully saturated rings. The van der Waals surface area contributed by atoms with Crippen molar-refractivity contribution in [2.45, 2.75) is 0 Å². The van der Waals surface area contributed by atoms with Crippen LogP contribution in [0.15, 0.2) is 6.07 Å². The molecule has 2 aromatic rings. The van der Waals surface area contributed by atoms with Crippen LogP contribution in [0.5, 0.6) is 34.5 Å². The van der Waals surface area contributed by atoms with E-state index in [0.29, 0.717) is 40.1 Å². The fourth-order valence-electron chi connectivity index (χ4n) is 2.84. The fraction of sp³-hybridized carbons (Fsp3) is 0.389. The zero-order valence-corrected chi connectivity index (χ0v) is 15.6. The summed E-state index contributed by atoms with van der Waals surface area (Å²) in [5.41, 5.74) is 0.199. The summed E-state index contributed by atoms with van der Waals surface area (Å²) in [6.07, 6.45) is 0.640. The molecule has 0 unspecified atom stereocenters. The molecule has 0 saturated heterocycles. The molecule has 0 saturated carbocycles. The molecule has 0 spiro atoms. The van der Waals surface area contributed by atoms with Crippen molar-refractivity contribution in [3.8, 4) is 34.5 Å². The van der Waals surface area contributed by atoms with E-state index < -0.39 is 0 Å². The average molecular weight is 366 g/mol. The smallest absolute Gasteiger partial charge is 0.188 e. The van der Waals surface area contributed by atoms with E-state index in [0.717, 1.165) is 0 Å². The Morgan fingerprint density at radius 3 is 1.81 bits per heavy atom. The van der Waals surface area contributed by atoms with E-state index in [1.807, 2.05) is 0 Å². The molecule has 0 aromatic heterocycles.